The second kappa shape index (κ2) is 3.74. The van der Waals surface area contributed by atoms with Crippen LogP contribution >= 0.6 is 0 Å². The number of hydrogen-bond donors (Lipinski definition) is 2. The largest absolute Gasteiger partial charge is 0.481 e. The predicted octanol–water partition coefficient (Wildman–Crippen LogP) is 1.79. The fourth-order valence-electron chi connectivity index (χ4n) is 5.38. The summed E-state index contributed by atoms with van der Waals surface area (Å²) in [6, 6.07) is 0. The lowest BCUT2D eigenvalue weighted by molar-refractivity contribution is -0.141. The van der Waals surface area contributed by atoms with Gasteiger partial charge in [0.15, 0.2) is 0 Å². The zero-order valence-corrected chi connectivity index (χ0v) is 11.1. The summed E-state index contributed by atoms with van der Waals surface area (Å²) in [5, 5.41) is 12.2. The van der Waals surface area contributed by atoms with Gasteiger partial charge in [0, 0.05) is 5.54 Å². The molecule has 5 saturated carbocycles. The van der Waals surface area contributed by atoms with Gasteiger partial charge in [0.05, 0.1) is 11.8 Å². The van der Waals surface area contributed by atoms with E-state index in [4.69, 9.17) is 5.11 Å². The predicted molar refractivity (Wildman–Crippen MR) is 68.3 cm³/mol. The van der Waals surface area contributed by atoms with Crippen molar-refractivity contribution in [3.05, 3.63) is 0 Å². The number of carboxylic acid groups (broad SMARTS) is 1. The maximum absolute atomic E-state index is 12.2. The molecule has 1 amide bonds. The van der Waals surface area contributed by atoms with Crippen molar-refractivity contribution in [3.63, 3.8) is 0 Å². The maximum Gasteiger partial charge on any atom is 0.307 e. The molecule has 4 heteroatoms. The van der Waals surface area contributed by atoms with E-state index in [0.717, 1.165) is 37.0 Å². The fraction of sp³-hybridized carbons (Fsp3) is 0.867. The van der Waals surface area contributed by atoms with Gasteiger partial charge in [-0.25, -0.2) is 0 Å². The molecule has 0 heterocycles. The molecule has 5 aliphatic carbocycles. The standard InChI is InChI=1S/C15H21NO3/c17-13(11-4-12(11)14(18)19)16-15-5-8-1-9(6-15)3-10(2-8)7-15/h8-12H,1-7H2,(H,16,17)(H,18,19). The number of hydrogen-bond acceptors (Lipinski definition) is 2. The third kappa shape index (κ3) is 1.87. The lowest BCUT2D eigenvalue weighted by Crippen LogP contribution is -2.60. The summed E-state index contributed by atoms with van der Waals surface area (Å²) in [5.41, 5.74) is 0.0253. The molecule has 4 bridgehead atoms. The van der Waals surface area contributed by atoms with Crippen LogP contribution in [0.3, 0.4) is 0 Å². The highest BCUT2D eigenvalue weighted by molar-refractivity contribution is 5.89. The molecule has 104 valence electrons. The molecule has 0 aliphatic heterocycles. The highest BCUT2D eigenvalue weighted by Gasteiger charge is 2.54. The Morgan fingerprint density at radius 1 is 0.895 bits per heavy atom. The van der Waals surface area contributed by atoms with Gasteiger partial charge >= 0.3 is 5.97 Å². The van der Waals surface area contributed by atoms with Crippen molar-refractivity contribution in [3.8, 4) is 0 Å². The molecule has 0 spiro atoms. The topological polar surface area (TPSA) is 66.4 Å². The third-order valence-corrected chi connectivity index (χ3v) is 5.87. The molecule has 0 radical (unpaired) electrons. The molecule has 0 aromatic carbocycles. The summed E-state index contributed by atoms with van der Waals surface area (Å²) in [4.78, 5) is 23.1. The average Bonchev–Trinajstić information content (AvgIpc) is 3.05. The molecule has 0 saturated heterocycles. The zero-order chi connectivity index (χ0) is 13.2. The smallest absolute Gasteiger partial charge is 0.307 e. The van der Waals surface area contributed by atoms with Crippen LogP contribution in [0.2, 0.25) is 0 Å². The number of carbonyl (C=O) groups is 2. The van der Waals surface area contributed by atoms with Crippen molar-refractivity contribution >= 4 is 11.9 Å². The number of nitrogens with one attached hydrogen (secondary N) is 1. The molecule has 4 nitrogen and oxygen atoms in total. The fourth-order valence-corrected chi connectivity index (χ4v) is 5.38. The SMILES string of the molecule is O=C(O)C1CC1C(=O)NC12CC3CC(CC(C3)C1)C2. The van der Waals surface area contributed by atoms with E-state index in [9.17, 15) is 9.59 Å². The van der Waals surface area contributed by atoms with Crippen molar-refractivity contribution in [2.45, 2.75) is 50.5 Å². The van der Waals surface area contributed by atoms with E-state index in [1.54, 1.807) is 0 Å². The molecule has 19 heavy (non-hydrogen) atoms. The van der Waals surface area contributed by atoms with Crippen molar-refractivity contribution < 1.29 is 14.7 Å². The molecule has 2 unspecified atom stereocenters. The van der Waals surface area contributed by atoms with Crippen LogP contribution in [0.4, 0.5) is 0 Å². The Hall–Kier alpha value is -1.06. The normalized spacial score (nSPS) is 50.0. The maximum atomic E-state index is 12.2. The Labute approximate surface area is 112 Å². The van der Waals surface area contributed by atoms with Crippen LogP contribution in [0.25, 0.3) is 0 Å². The number of carboxylic acids is 1. The van der Waals surface area contributed by atoms with Gasteiger partial charge in [0.1, 0.15) is 0 Å². The number of aliphatic carboxylic acids is 1. The van der Waals surface area contributed by atoms with Crippen LogP contribution in [0.15, 0.2) is 0 Å². The second-order valence-electron chi connectivity index (χ2n) is 7.47. The van der Waals surface area contributed by atoms with E-state index in [0.29, 0.717) is 6.42 Å². The zero-order valence-electron chi connectivity index (χ0n) is 11.1. The molecule has 2 N–H and O–H groups in total. The third-order valence-electron chi connectivity index (χ3n) is 5.87. The summed E-state index contributed by atoms with van der Waals surface area (Å²) in [6.45, 7) is 0. The quantitative estimate of drug-likeness (QED) is 0.816. The highest BCUT2D eigenvalue weighted by atomic mass is 16.4. The van der Waals surface area contributed by atoms with E-state index in [2.05, 4.69) is 5.32 Å². The summed E-state index contributed by atoms with van der Waals surface area (Å²) < 4.78 is 0. The van der Waals surface area contributed by atoms with E-state index < -0.39 is 11.9 Å². The molecule has 2 atom stereocenters. The van der Waals surface area contributed by atoms with Gasteiger partial charge in [0.25, 0.3) is 0 Å². The summed E-state index contributed by atoms with van der Waals surface area (Å²) >= 11 is 0. The molecular weight excluding hydrogens is 242 g/mol. The monoisotopic (exact) mass is 263 g/mol. The average molecular weight is 263 g/mol. The highest BCUT2D eigenvalue weighted by Crippen LogP contribution is 2.56. The Morgan fingerprint density at radius 2 is 1.42 bits per heavy atom. The van der Waals surface area contributed by atoms with Gasteiger partial charge in [-0.05, 0) is 62.7 Å². The van der Waals surface area contributed by atoms with Crippen LogP contribution in [-0.2, 0) is 9.59 Å². The molecule has 5 rings (SSSR count). The van der Waals surface area contributed by atoms with Gasteiger partial charge in [0.2, 0.25) is 5.91 Å². The van der Waals surface area contributed by atoms with E-state index >= 15 is 0 Å². The first-order valence-electron chi connectivity index (χ1n) is 7.59. The van der Waals surface area contributed by atoms with Crippen molar-refractivity contribution in [1.82, 2.24) is 5.32 Å². The first-order chi connectivity index (χ1) is 9.05. The van der Waals surface area contributed by atoms with Crippen molar-refractivity contribution in [2.75, 3.05) is 0 Å². The van der Waals surface area contributed by atoms with Crippen LogP contribution in [0.5, 0.6) is 0 Å². The summed E-state index contributed by atoms with van der Waals surface area (Å²) in [7, 11) is 0. The van der Waals surface area contributed by atoms with E-state index in [-0.39, 0.29) is 17.4 Å². The Balaban J connectivity index is 1.45. The second-order valence-corrected chi connectivity index (χ2v) is 7.47. The molecule has 5 fully saturated rings. The number of rotatable bonds is 3. The van der Waals surface area contributed by atoms with Crippen LogP contribution in [0.1, 0.15) is 44.9 Å². The first kappa shape index (κ1) is 11.7. The lowest BCUT2D eigenvalue weighted by Gasteiger charge is -2.57. The van der Waals surface area contributed by atoms with Gasteiger partial charge < -0.3 is 10.4 Å². The van der Waals surface area contributed by atoms with Gasteiger partial charge in [-0.15, -0.1) is 0 Å². The van der Waals surface area contributed by atoms with Crippen molar-refractivity contribution in [2.24, 2.45) is 29.6 Å². The Kier molecular flexibility index (Phi) is 2.31. The summed E-state index contributed by atoms with van der Waals surface area (Å²) in [5.74, 6) is 0.933. The molecule has 0 aromatic rings. The number of carbonyl (C=O) groups excluding carboxylic acids is 1. The minimum atomic E-state index is -0.814. The van der Waals surface area contributed by atoms with Gasteiger partial charge in [-0.2, -0.15) is 0 Å². The van der Waals surface area contributed by atoms with Gasteiger partial charge in [-0.1, -0.05) is 0 Å². The van der Waals surface area contributed by atoms with Crippen LogP contribution < -0.4 is 5.32 Å². The lowest BCUT2D eigenvalue weighted by atomic mass is 9.53. The Morgan fingerprint density at radius 3 is 1.84 bits per heavy atom. The van der Waals surface area contributed by atoms with Crippen molar-refractivity contribution in [1.29, 1.82) is 0 Å². The summed E-state index contributed by atoms with van der Waals surface area (Å²) in [6.07, 6.45) is 8.01. The molecule has 0 aromatic heterocycles. The molecular formula is C15H21NO3. The van der Waals surface area contributed by atoms with Crippen LogP contribution in [0, 0.1) is 29.6 Å². The molecule has 5 aliphatic rings. The van der Waals surface area contributed by atoms with E-state index in [1.165, 1.54) is 19.3 Å². The minimum Gasteiger partial charge on any atom is -0.481 e. The van der Waals surface area contributed by atoms with E-state index in [1.807, 2.05) is 0 Å². The minimum absolute atomic E-state index is 0.00866. The first-order valence-corrected chi connectivity index (χ1v) is 7.59. The Bertz CT molecular complexity index is 409. The van der Waals surface area contributed by atoms with Gasteiger partial charge in [-0.3, -0.25) is 9.59 Å². The van der Waals surface area contributed by atoms with Crippen LogP contribution in [-0.4, -0.2) is 22.5 Å². The number of amides is 1.